The molecule has 0 saturated carbocycles. The highest BCUT2D eigenvalue weighted by Crippen LogP contribution is 2.15. The highest BCUT2D eigenvalue weighted by molar-refractivity contribution is 7.88. The van der Waals surface area contributed by atoms with E-state index in [1.807, 2.05) is 4.90 Å². The molecule has 3 rings (SSSR count). The summed E-state index contributed by atoms with van der Waals surface area (Å²) >= 11 is 0. The fourth-order valence-corrected chi connectivity index (χ4v) is 3.62. The van der Waals surface area contributed by atoms with E-state index >= 15 is 0 Å². The average Bonchev–Trinajstić information content (AvgIpc) is 2.61. The summed E-state index contributed by atoms with van der Waals surface area (Å²) in [4.78, 5) is 18.8. The van der Waals surface area contributed by atoms with Gasteiger partial charge in [0.25, 0.3) is 5.56 Å². The first-order valence-electron chi connectivity index (χ1n) is 7.82. The fraction of sp³-hybridized carbons (Fsp3) is 0.375. The molecule has 1 fully saturated rings. The third-order valence-corrected chi connectivity index (χ3v) is 5.48. The predicted molar refractivity (Wildman–Crippen MR) is 95.0 cm³/mol. The van der Waals surface area contributed by atoms with E-state index in [4.69, 9.17) is 4.74 Å². The van der Waals surface area contributed by atoms with Crippen LogP contribution in [0.15, 0.2) is 41.5 Å². The maximum atomic E-state index is 12.8. The molecule has 1 aromatic carbocycles. The maximum Gasteiger partial charge on any atom is 0.298 e. The van der Waals surface area contributed by atoms with Gasteiger partial charge in [0.15, 0.2) is 5.82 Å². The summed E-state index contributed by atoms with van der Waals surface area (Å²) in [6.45, 7) is 1.55. The molecule has 0 amide bonds. The number of aromatic nitrogens is 2. The van der Waals surface area contributed by atoms with E-state index in [-0.39, 0.29) is 5.56 Å². The molecule has 0 N–H and O–H groups in total. The minimum Gasteiger partial charge on any atom is -0.497 e. The predicted octanol–water partition coefficient (Wildman–Crippen LogP) is 0.323. The number of hydrogen-bond donors (Lipinski definition) is 0. The zero-order valence-electron chi connectivity index (χ0n) is 14.1. The van der Waals surface area contributed by atoms with Crippen LogP contribution in [-0.2, 0) is 10.0 Å². The molecule has 1 aliphatic rings. The number of ether oxygens (including phenoxy) is 1. The van der Waals surface area contributed by atoms with Gasteiger partial charge in [-0.2, -0.15) is 4.31 Å². The van der Waals surface area contributed by atoms with Crippen LogP contribution in [0.3, 0.4) is 0 Å². The molecule has 1 aliphatic heterocycles. The smallest absolute Gasteiger partial charge is 0.298 e. The second-order valence-corrected chi connectivity index (χ2v) is 7.76. The first kappa shape index (κ1) is 17.4. The van der Waals surface area contributed by atoms with Gasteiger partial charge in [-0.05, 0) is 24.3 Å². The van der Waals surface area contributed by atoms with Gasteiger partial charge in [0, 0.05) is 44.3 Å². The third-order valence-electron chi connectivity index (χ3n) is 4.18. The van der Waals surface area contributed by atoms with Crippen molar-refractivity contribution in [3.8, 4) is 11.4 Å². The van der Waals surface area contributed by atoms with Gasteiger partial charge in [-0.25, -0.2) is 13.4 Å². The van der Waals surface area contributed by atoms with Gasteiger partial charge in [0.2, 0.25) is 10.0 Å². The third kappa shape index (κ3) is 3.67. The van der Waals surface area contributed by atoms with Crippen LogP contribution in [0.2, 0.25) is 0 Å². The summed E-state index contributed by atoms with van der Waals surface area (Å²) in [5, 5.41) is 0. The zero-order valence-corrected chi connectivity index (χ0v) is 14.9. The molecule has 8 nitrogen and oxygen atoms in total. The SMILES string of the molecule is COc1ccc(-n2ccnc(N3CCN(S(C)(=O)=O)CC3)c2=O)cc1. The Morgan fingerprint density at radius 3 is 2.28 bits per heavy atom. The number of nitrogens with zero attached hydrogens (tertiary/aromatic N) is 4. The van der Waals surface area contributed by atoms with Gasteiger partial charge in [-0.15, -0.1) is 0 Å². The summed E-state index contributed by atoms with van der Waals surface area (Å²) in [5.41, 5.74) is 0.477. The van der Waals surface area contributed by atoms with Crippen LogP contribution in [0.1, 0.15) is 0 Å². The van der Waals surface area contributed by atoms with Crippen LogP contribution in [0.4, 0.5) is 5.82 Å². The summed E-state index contributed by atoms with van der Waals surface area (Å²) in [5.74, 6) is 1.04. The van der Waals surface area contributed by atoms with E-state index in [1.165, 1.54) is 15.1 Å². The van der Waals surface area contributed by atoms with Crippen molar-refractivity contribution in [2.75, 3.05) is 44.4 Å². The van der Waals surface area contributed by atoms with Crippen molar-refractivity contribution in [2.45, 2.75) is 0 Å². The van der Waals surface area contributed by atoms with E-state index in [1.54, 1.807) is 43.8 Å². The molecule has 0 aliphatic carbocycles. The van der Waals surface area contributed by atoms with Crippen molar-refractivity contribution in [1.82, 2.24) is 13.9 Å². The number of methoxy groups -OCH3 is 1. The number of piperazine rings is 1. The standard InChI is InChI=1S/C16H20N4O4S/c1-24-14-5-3-13(4-6-14)20-8-7-17-15(16(20)21)18-9-11-19(12-10-18)25(2,22)23/h3-8H,9-12H2,1-2H3. The van der Waals surface area contributed by atoms with Crippen molar-refractivity contribution in [3.63, 3.8) is 0 Å². The number of rotatable bonds is 4. The van der Waals surface area contributed by atoms with E-state index in [9.17, 15) is 13.2 Å². The van der Waals surface area contributed by atoms with Gasteiger partial charge < -0.3 is 9.64 Å². The zero-order chi connectivity index (χ0) is 18.0. The lowest BCUT2D eigenvalue weighted by Gasteiger charge is -2.33. The molecular weight excluding hydrogens is 344 g/mol. The molecule has 0 atom stereocenters. The van der Waals surface area contributed by atoms with Crippen LogP contribution in [-0.4, -0.2) is 61.8 Å². The molecule has 0 spiro atoms. The second kappa shape index (κ2) is 6.85. The van der Waals surface area contributed by atoms with Crippen LogP contribution in [0.5, 0.6) is 5.75 Å². The van der Waals surface area contributed by atoms with Gasteiger partial charge in [0.05, 0.1) is 13.4 Å². The Balaban J connectivity index is 1.86. The lowest BCUT2D eigenvalue weighted by molar-refractivity contribution is 0.386. The van der Waals surface area contributed by atoms with Crippen molar-refractivity contribution in [3.05, 3.63) is 47.0 Å². The Bertz CT molecular complexity index is 900. The van der Waals surface area contributed by atoms with Crippen LogP contribution < -0.4 is 15.2 Å². The molecule has 0 unspecified atom stereocenters. The highest BCUT2D eigenvalue weighted by Gasteiger charge is 2.25. The summed E-state index contributed by atoms with van der Waals surface area (Å²) in [6, 6.07) is 7.16. The molecule has 2 heterocycles. The van der Waals surface area contributed by atoms with Crippen LogP contribution in [0, 0.1) is 0 Å². The quantitative estimate of drug-likeness (QED) is 0.777. The Morgan fingerprint density at radius 2 is 1.72 bits per heavy atom. The van der Waals surface area contributed by atoms with Crippen molar-refractivity contribution in [2.24, 2.45) is 0 Å². The lowest BCUT2D eigenvalue weighted by Crippen LogP contribution is -2.50. The molecule has 0 radical (unpaired) electrons. The molecule has 1 aromatic heterocycles. The molecule has 9 heteroatoms. The van der Waals surface area contributed by atoms with Gasteiger partial charge >= 0.3 is 0 Å². The topological polar surface area (TPSA) is 84.7 Å². The fourth-order valence-electron chi connectivity index (χ4n) is 2.80. The first-order valence-corrected chi connectivity index (χ1v) is 9.67. The molecule has 134 valence electrons. The number of benzene rings is 1. The molecule has 1 saturated heterocycles. The van der Waals surface area contributed by atoms with Crippen molar-refractivity contribution < 1.29 is 13.2 Å². The minimum atomic E-state index is -3.21. The first-order chi connectivity index (χ1) is 11.9. The van der Waals surface area contributed by atoms with E-state index in [0.717, 1.165) is 0 Å². The van der Waals surface area contributed by atoms with Gasteiger partial charge in [0.1, 0.15) is 5.75 Å². The summed E-state index contributed by atoms with van der Waals surface area (Å²) < 4.78 is 31.3. The summed E-state index contributed by atoms with van der Waals surface area (Å²) in [7, 11) is -1.62. The number of anilines is 1. The summed E-state index contributed by atoms with van der Waals surface area (Å²) in [6.07, 6.45) is 4.38. The Hall–Kier alpha value is -2.39. The van der Waals surface area contributed by atoms with Crippen LogP contribution in [0.25, 0.3) is 5.69 Å². The Kier molecular flexibility index (Phi) is 4.78. The Morgan fingerprint density at radius 1 is 1.08 bits per heavy atom. The monoisotopic (exact) mass is 364 g/mol. The van der Waals surface area contributed by atoms with E-state index < -0.39 is 10.0 Å². The van der Waals surface area contributed by atoms with Gasteiger partial charge in [-0.3, -0.25) is 9.36 Å². The van der Waals surface area contributed by atoms with E-state index in [0.29, 0.717) is 43.4 Å². The molecular formula is C16H20N4O4S. The normalized spacial score (nSPS) is 16.0. The van der Waals surface area contributed by atoms with Crippen molar-refractivity contribution in [1.29, 1.82) is 0 Å². The number of sulfonamides is 1. The average molecular weight is 364 g/mol. The second-order valence-electron chi connectivity index (χ2n) is 5.77. The molecule has 0 bridgehead atoms. The van der Waals surface area contributed by atoms with Gasteiger partial charge in [-0.1, -0.05) is 0 Å². The highest BCUT2D eigenvalue weighted by atomic mass is 32.2. The number of hydrogen-bond acceptors (Lipinski definition) is 6. The minimum absolute atomic E-state index is 0.236. The maximum absolute atomic E-state index is 12.8. The Labute approximate surface area is 146 Å². The van der Waals surface area contributed by atoms with Crippen LogP contribution >= 0.6 is 0 Å². The molecule has 2 aromatic rings. The molecule has 25 heavy (non-hydrogen) atoms. The largest absolute Gasteiger partial charge is 0.497 e. The van der Waals surface area contributed by atoms with E-state index in [2.05, 4.69) is 4.98 Å². The van der Waals surface area contributed by atoms with Crippen molar-refractivity contribution >= 4 is 15.8 Å². The lowest BCUT2D eigenvalue weighted by atomic mass is 10.3.